The Balaban J connectivity index is 1.48. The lowest BCUT2D eigenvalue weighted by Crippen LogP contribution is -2.22. The molecule has 1 aliphatic rings. The van der Waals surface area contributed by atoms with Crippen LogP contribution < -0.4 is 5.32 Å². The van der Waals surface area contributed by atoms with E-state index in [9.17, 15) is 0 Å². The summed E-state index contributed by atoms with van der Waals surface area (Å²) in [7, 11) is 0. The number of anilines is 1. The first kappa shape index (κ1) is 14.3. The molecule has 0 unspecified atom stereocenters. The molecule has 1 fully saturated rings. The third-order valence-corrected chi connectivity index (χ3v) is 4.96. The SMILES string of the molecule is c1cnc2ncc(-c3ccn4nc(NCC5CCC5)ncc34)cc2c1. The minimum absolute atomic E-state index is 0.683. The van der Waals surface area contributed by atoms with Crippen molar-refractivity contribution in [1.29, 1.82) is 0 Å². The highest BCUT2D eigenvalue weighted by Crippen LogP contribution is 2.28. The van der Waals surface area contributed by atoms with Crippen molar-refractivity contribution in [1.82, 2.24) is 24.6 Å². The van der Waals surface area contributed by atoms with Crippen molar-refractivity contribution < 1.29 is 0 Å². The van der Waals surface area contributed by atoms with E-state index in [4.69, 9.17) is 0 Å². The highest BCUT2D eigenvalue weighted by Gasteiger charge is 2.17. The van der Waals surface area contributed by atoms with Crippen LogP contribution in [0.3, 0.4) is 0 Å². The van der Waals surface area contributed by atoms with Gasteiger partial charge in [0.25, 0.3) is 0 Å². The Hall–Kier alpha value is -3.02. The van der Waals surface area contributed by atoms with Gasteiger partial charge in [-0.15, -0.1) is 5.10 Å². The van der Waals surface area contributed by atoms with Gasteiger partial charge in [0.1, 0.15) is 0 Å². The third kappa shape index (κ3) is 2.59. The van der Waals surface area contributed by atoms with Crippen molar-refractivity contribution >= 4 is 22.5 Å². The van der Waals surface area contributed by atoms with Crippen molar-refractivity contribution in [2.75, 3.05) is 11.9 Å². The maximum atomic E-state index is 4.58. The molecular formula is C19H18N6. The number of hydrogen-bond acceptors (Lipinski definition) is 5. The zero-order valence-corrected chi connectivity index (χ0v) is 13.8. The van der Waals surface area contributed by atoms with E-state index in [0.717, 1.165) is 40.1 Å². The number of fused-ring (bicyclic) bond motifs is 2. The number of rotatable bonds is 4. The first-order chi connectivity index (χ1) is 12.4. The summed E-state index contributed by atoms with van der Waals surface area (Å²) in [5, 5.41) is 8.95. The quantitative estimate of drug-likeness (QED) is 0.620. The van der Waals surface area contributed by atoms with E-state index in [1.54, 1.807) is 6.20 Å². The molecule has 6 nitrogen and oxygen atoms in total. The molecule has 0 aromatic carbocycles. The van der Waals surface area contributed by atoms with E-state index in [1.165, 1.54) is 19.3 Å². The zero-order valence-electron chi connectivity index (χ0n) is 13.8. The maximum absolute atomic E-state index is 4.58. The fourth-order valence-corrected chi connectivity index (χ4v) is 3.27. The minimum Gasteiger partial charge on any atom is -0.353 e. The molecule has 25 heavy (non-hydrogen) atoms. The second-order valence-electron chi connectivity index (χ2n) is 6.59. The van der Waals surface area contributed by atoms with Crippen LogP contribution in [0.25, 0.3) is 27.7 Å². The second kappa shape index (κ2) is 5.81. The number of nitrogens with one attached hydrogen (secondary N) is 1. The van der Waals surface area contributed by atoms with Crippen molar-refractivity contribution in [3.8, 4) is 11.1 Å². The van der Waals surface area contributed by atoms with Gasteiger partial charge in [-0.25, -0.2) is 19.5 Å². The van der Waals surface area contributed by atoms with Gasteiger partial charge in [0.05, 0.1) is 11.7 Å². The van der Waals surface area contributed by atoms with E-state index in [2.05, 4.69) is 37.5 Å². The summed E-state index contributed by atoms with van der Waals surface area (Å²) >= 11 is 0. The van der Waals surface area contributed by atoms with Gasteiger partial charge >= 0.3 is 0 Å². The van der Waals surface area contributed by atoms with Gasteiger partial charge < -0.3 is 5.32 Å². The Morgan fingerprint density at radius 2 is 2.08 bits per heavy atom. The summed E-state index contributed by atoms with van der Waals surface area (Å²) in [5.41, 5.74) is 3.85. The monoisotopic (exact) mass is 330 g/mol. The lowest BCUT2D eigenvalue weighted by atomic mass is 9.85. The van der Waals surface area contributed by atoms with Gasteiger partial charge in [0.15, 0.2) is 5.65 Å². The summed E-state index contributed by atoms with van der Waals surface area (Å²) < 4.78 is 1.87. The third-order valence-electron chi connectivity index (χ3n) is 4.96. The number of pyridine rings is 2. The van der Waals surface area contributed by atoms with Gasteiger partial charge in [-0.1, -0.05) is 6.42 Å². The summed E-state index contributed by atoms with van der Waals surface area (Å²) in [4.78, 5) is 13.2. The Labute approximate surface area is 145 Å². The molecule has 0 amide bonds. The predicted molar refractivity (Wildman–Crippen MR) is 97.3 cm³/mol. The van der Waals surface area contributed by atoms with Crippen LogP contribution in [-0.2, 0) is 0 Å². The van der Waals surface area contributed by atoms with Crippen LogP contribution in [-0.4, -0.2) is 31.1 Å². The summed E-state index contributed by atoms with van der Waals surface area (Å²) in [5.74, 6) is 1.46. The fourth-order valence-electron chi connectivity index (χ4n) is 3.27. The number of aromatic nitrogens is 5. The van der Waals surface area contributed by atoms with Crippen molar-refractivity contribution in [3.05, 3.63) is 49.1 Å². The van der Waals surface area contributed by atoms with Gasteiger partial charge in [0, 0.05) is 41.6 Å². The van der Waals surface area contributed by atoms with Crippen molar-refractivity contribution in [2.45, 2.75) is 19.3 Å². The summed E-state index contributed by atoms with van der Waals surface area (Å²) in [6.07, 6.45) is 11.4. The highest BCUT2D eigenvalue weighted by atomic mass is 15.3. The van der Waals surface area contributed by atoms with E-state index < -0.39 is 0 Å². The highest BCUT2D eigenvalue weighted by molar-refractivity contribution is 5.86. The molecule has 0 aliphatic heterocycles. The molecule has 0 radical (unpaired) electrons. The van der Waals surface area contributed by atoms with Gasteiger partial charge in [-0.3, -0.25) is 0 Å². The zero-order chi connectivity index (χ0) is 16.6. The van der Waals surface area contributed by atoms with Gasteiger partial charge in [-0.05, 0) is 43.0 Å². The van der Waals surface area contributed by atoms with E-state index >= 15 is 0 Å². The predicted octanol–water partition coefficient (Wildman–Crippen LogP) is 3.55. The van der Waals surface area contributed by atoms with E-state index in [0.29, 0.717) is 5.95 Å². The molecule has 1 aliphatic carbocycles. The van der Waals surface area contributed by atoms with E-state index in [1.807, 2.05) is 35.2 Å². The molecule has 4 heterocycles. The molecule has 124 valence electrons. The molecule has 6 heteroatoms. The van der Waals surface area contributed by atoms with Gasteiger partial charge in [0.2, 0.25) is 5.95 Å². The minimum atomic E-state index is 0.683. The molecule has 4 aromatic heterocycles. The molecule has 1 N–H and O–H groups in total. The molecule has 0 atom stereocenters. The lowest BCUT2D eigenvalue weighted by molar-refractivity contribution is 0.333. The van der Waals surface area contributed by atoms with Crippen LogP contribution in [0.5, 0.6) is 0 Å². The number of nitrogens with zero attached hydrogens (tertiary/aromatic N) is 5. The summed E-state index contributed by atoms with van der Waals surface area (Å²) in [6.45, 7) is 0.960. The average Bonchev–Trinajstić information content (AvgIpc) is 3.03. The fraction of sp³-hybridized carbons (Fsp3) is 0.263. The molecule has 5 rings (SSSR count). The smallest absolute Gasteiger partial charge is 0.241 e. The Morgan fingerprint density at radius 3 is 2.96 bits per heavy atom. The largest absolute Gasteiger partial charge is 0.353 e. The standard InChI is InChI=1S/C19H18N6/c1-3-13(4-1)10-22-19-23-12-17-16(6-8-25(17)24-19)15-9-14-5-2-7-20-18(14)21-11-15/h2,5-9,11-13H,1,3-4,10H2,(H,22,24). The Bertz CT molecular complexity index is 1050. The van der Waals surface area contributed by atoms with Crippen LogP contribution in [0.2, 0.25) is 0 Å². The lowest BCUT2D eigenvalue weighted by Gasteiger charge is -2.25. The van der Waals surface area contributed by atoms with Gasteiger partial charge in [-0.2, -0.15) is 0 Å². The van der Waals surface area contributed by atoms with Crippen molar-refractivity contribution in [3.63, 3.8) is 0 Å². The molecule has 0 spiro atoms. The first-order valence-corrected chi connectivity index (χ1v) is 8.66. The molecule has 1 saturated carbocycles. The molecule has 0 bridgehead atoms. The molecule has 4 aromatic rings. The van der Waals surface area contributed by atoms with Crippen LogP contribution >= 0.6 is 0 Å². The first-order valence-electron chi connectivity index (χ1n) is 8.66. The van der Waals surface area contributed by atoms with E-state index in [-0.39, 0.29) is 0 Å². The average molecular weight is 330 g/mol. The Kier molecular flexibility index (Phi) is 3.33. The van der Waals surface area contributed by atoms with Crippen LogP contribution in [0.15, 0.2) is 49.1 Å². The van der Waals surface area contributed by atoms with Crippen LogP contribution in [0, 0.1) is 5.92 Å². The van der Waals surface area contributed by atoms with Crippen LogP contribution in [0.4, 0.5) is 5.95 Å². The maximum Gasteiger partial charge on any atom is 0.241 e. The topological polar surface area (TPSA) is 68.0 Å². The van der Waals surface area contributed by atoms with Crippen molar-refractivity contribution in [2.24, 2.45) is 5.92 Å². The number of hydrogen-bond donors (Lipinski definition) is 1. The molecular weight excluding hydrogens is 312 g/mol. The molecule has 0 saturated heterocycles. The normalized spacial score (nSPS) is 14.7. The van der Waals surface area contributed by atoms with Crippen LogP contribution in [0.1, 0.15) is 19.3 Å². The summed E-state index contributed by atoms with van der Waals surface area (Å²) in [6, 6.07) is 8.11. The second-order valence-corrected chi connectivity index (χ2v) is 6.59. The Morgan fingerprint density at radius 1 is 1.12 bits per heavy atom.